The highest BCUT2D eigenvalue weighted by atomic mass is 35.5. The van der Waals surface area contributed by atoms with Crippen LogP contribution in [0.5, 0.6) is 0 Å². The first-order valence-corrected chi connectivity index (χ1v) is 3.04. The van der Waals surface area contributed by atoms with Crippen molar-refractivity contribution in [2.75, 3.05) is 6.61 Å². The fourth-order valence-electron chi connectivity index (χ4n) is 0.239. The molecule has 0 heterocycles. The van der Waals surface area contributed by atoms with E-state index in [1.807, 2.05) is 6.92 Å². The van der Waals surface area contributed by atoms with Gasteiger partial charge in [-0.3, -0.25) is 4.79 Å². The SMILES string of the molecule is CCO/C=C(\Cl)C(C)=O. The minimum absolute atomic E-state index is 0.136. The molecule has 0 unspecified atom stereocenters. The van der Waals surface area contributed by atoms with Crippen LogP contribution in [-0.4, -0.2) is 12.4 Å². The van der Waals surface area contributed by atoms with Gasteiger partial charge in [-0.2, -0.15) is 0 Å². The molecule has 0 N–H and O–H groups in total. The number of carbonyl (C=O) groups excluding carboxylic acids is 1. The maximum atomic E-state index is 10.4. The zero-order chi connectivity index (χ0) is 7.28. The van der Waals surface area contributed by atoms with E-state index in [9.17, 15) is 4.79 Å². The van der Waals surface area contributed by atoms with Crippen LogP contribution >= 0.6 is 11.6 Å². The average molecular weight is 149 g/mol. The Morgan fingerprint density at radius 1 is 1.78 bits per heavy atom. The van der Waals surface area contributed by atoms with E-state index >= 15 is 0 Å². The Balaban J connectivity index is 3.69. The minimum Gasteiger partial charge on any atom is -0.500 e. The lowest BCUT2D eigenvalue weighted by atomic mass is 10.4. The Kier molecular flexibility index (Phi) is 4.14. The van der Waals surface area contributed by atoms with E-state index in [1.165, 1.54) is 13.2 Å². The number of allylic oxidation sites excluding steroid dienone is 1. The third-order valence-corrected chi connectivity index (χ3v) is 1.05. The van der Waals surface area contributed by atoms with Crippen molar-refractivity contribution in [2.24, 2.45) is 0 Å². The Hall–Kier alpha value is -0.500. The molecule has 0 radical (unpaired) electrons. The third-order valence-electron chi connectivity index (χ3n) is 0.690. The van der Waals surface area contributed by atoms with Crippen LogP contribution in [0.1, 0.15) is 13.8 Å². The van der Waals surface area contributed by atoms with E-state index in [0.29, 0.717) is 6.61 Å². The fourth-order valence-corrected chi connectivity index (χ4v) is 0.302. The molecule has 0 aliphatic rings. The van der Waals surface area contributed by atoms with Crippen LogP contribution in [0.4, 0.5) is 0 Å². The summed E-state index contributed by atoms with van der Waals surface area (Å²) in [7, 11) is 0. The number of carbonyl (C=O) groups is 1. The number of ketones is 1. The van der Waals surface area contributed by atoms with Gasteiger partial charge in [0.25, 0.3) is 0 Å². The van der Waals surface area contributed by atoms with Crippen molar-refractivity contribution in [1.82, 2.24) is 0 Å². The summed E-state index contributed by atoms with van der Waals surface area (Å²) < 4.78 is 4.74. The number of hydrogen-bond donors (Lipinski definition) is 0. The lowest BCUT2D eigenvalue weighted by Crippen LogP contribution is -1.90. The topological polar surface area (TPSA) is 26.3 Å². The largest absolute Gasteiger partial charge is 0.500 e. The molecular formula is C6H9ClO2. The highest BCUT2D eigenvalue weighted by molar-refractivity contribution is 6.42. The zero-order valence-electron chi connectivity index (χ0n) is 5.48. The Labute approximate surface area is 59.5 Å². The molecule has 0 bridgehead atoms. The molecule has 0 saturated carbocycles. The van der Waals surface area contributed by atoms with Crippen LogP contribution < -0.4 is 0 Å². The van der Waals surface area contributed by atoms with Crippen LogP contribution in [0.15, 0.2) is 11.3 Å². The Bertz CT molecular complexity index is 129. The van der Waals surface area contributed by atoms with Gasteiger partial charge >= 0.3 is 0 Å². The lowest BCUT2D eigenvalue weighted by molar-refractivity contribution is -0.113. The maximum absolute atomic E-state index is 10.4. The van der Waals surface area contributed by atoms with Gasteiger partial charge in [-0.05, 0) is 6.92 Å². The Morgan fingerprint density at radius 3 is 2.67 bits per heavy atom. The molecule has 52 valence electrons. The maximum Gasteiger partial charge on any atom is 0.174 e. The van der Waals surface area contributed by atoms with E-state index in [2.05, 4.69) is 0 Å². The van der Waals surface area contributed by atoms with E-state index in [-0.39, 0.29) is 10.8 Å². The van der Waals surface area contributed by atoms with Gasteiger partial charge in [0.2, 0.25) is 0 Å². The number of Topliss-reactive ketones (excluding diaryl/α,β-unsaturated/α-hetero) is 1. The smallest absolute Gasteiger partial charge is 0.174 e. The van der Waals surface area contributed by atoms with Crippen LogP contribution in [-0.2, 0) is 9.53 Å². The van der Waals surface area contributed by atoms with Gasteiger partial charge < -0.3 is 4.74 Å². The fraction of sp³-hybridized carbons (Fsp3) is 0.500. The van der Waals surface area contributed by atoms with Gasteiger partial charge in [0.05, 0.1) is 6.61 Å². The summed E-state index contributed by atoms with van der Waals surface area (Å²) in [5.41, 5.74) is 0. The monoisotopic (exact) mass is 148 g/mol. The van der Waals surface area contributed by atoms with Crippen molar-refractivity contribution in [3.05, 3.63) is 11.3 Å². The molecule has 0 fully saturated rings. The number of halogens is 1. The van der Waals surface area contributed by atoms with Crippen molar-refractivity contribution < 1.29 is 9.53 Å². The van der Waals surface area contributed by atoms with Gasteiger partial charge in [-0.25, -0.2) is 0 Å². The van der Waals surface area contributed by atoms with E-state index < -0.39 is 0 Å². The molecule has 0 rings (SSSR count). The van der Waals surface area contributed by atoms with Gasteiger partial charge in [0.1, 0.15) is 11.3 Å². The van der Waals surface area contributed by atoms with Gasteiger partial charge in [-0.15, -0.1) is 0 Å². The molecule has 0 aromatic rings. The second-order valence-corrected chi connectivity index (χ2v) is 1.88. The zero-order valence-corrected chi connectivity index (χ0v) is 6.23. The summed E-state index contributed by atoms with van der Waals surface area (Å²) in [6.07, 6.45) is 1.25. The van der Waals surface area contributed by atoms with Crippen LogP contribution in [0.3, 0.4) is 0 Å². The van der Waals surface area contributed by atoms with Gasteiger partial charge in [0.15, 0.2) is 5.78 Å². The predicted octanol–water partition coefficient (Wildman–Crippen LogP) is 1.69. The van der Waals surface area contributed by atoms with Crippen molar-refractivity contribution >= 4 is 17.4 Å². The second-order valence-electron chi connectivity index (χ2n) is 1.48. The molecule has 0 aliphatic carbocycles. The highest BCUT2D eigenvalue weighted by Crippen LogP contribution is 2.01. The lowest BCUT2D eigenvalue weighted by Gasteiger charge is -1.92. The molecule has 0 aromatic heterocycles. The molecule has 0 aromatic carbocycles. The van der Waals surface area contributed by atoms with Crippen molar-refractivity contribution in [2.45, 2.75) is 13.8 Å². The molecule has 3 heteroatoms. The summed E-state index contributed by atoms with van der Waals surface area (Å²) in [5.74, 6) is -0.176. The van der Waals surface area contributed by atoms with Crippen molar-refractivity contribution in [1.29, 1.82) is 0 Å². The summed E-state index contributed by atoms with van der Waals surface area (Å²) in [6.45, 7) is 3.74. The molecule has 0 aliphatic heterocycles. The first-order chi connectivity index (χ1) is 4.18. The van der Waals surface area contributed by atoms with Crippen molar-refractivity contribution in [3.8, 4) is 0 Å². The van der Waals surface area contributed by atoms with E-state index in [4.69, 9.17) is 16.3 Å². The summed E-state index contributed by atoms with van der Waals surface area (Å²) >= 11 is 5.38. The van der Waals surface area contributed by atoms with Gasteiger partial charge in [0, 0.05) is 6.92 Å². The summed E-state index contributed by atoms with van der Waals surface area (Å²) in [5, 5.41) is 0.136. The summed E-state index contributed by atoms with van der Waals surface area (Å²) in [4.78, 5) is 10.4. The van der Waals surface area contributed by atoms with Crippen LogP contribution in [0.2, 0.25) is 0 Å². The standard InChI is InChI=1S/C6H9ClO2/c1-3-9-4-6(7)5(2)8/h4H,3H2,1-2H3/b6-4-. The first-order valence-electron chi connectivity index (χ1n) is 2.66. The van der Waals surface area contributed by atoms with E-state index in [1.54, 1.807) is 0 Å². The van der Waals surface area contributed by atoms with Crippen LogP contribution in [0, 0.1) is 0 Å². The average Bonchev–Trinajstić information content (AvgIpc) is 1.82. The van der Waals surface area contributed by atoms with Crippen molar-refractivity contribution in [3.63, 3.8) is 0 Å². The molecule has 9 heavy (non-hydrogen) atoms. The molecule has 0 saturated heterocycles. The first kappa shape index (κ1) is 8.50. The van der Waals surface area contributed by atoms with Crippen LogP contribution in [0.25, 0.3) is 0 Å². The van der Waals surface area contributed by atoms with Gasteiger partial charge in [-0.1, -0.05) is 11.6 Å². The second kappa shape index (κ2) is 4.39. The predicted molar refractivity (Wildman–Crippen MR) is 36.2 cm³/mol. The molecule has 0 atom stereocenters. The number of ether oxygens (including phenoxy) is 1. The third kappa shape index (κ3) is 4.03. The molecule has 0 amide bonds. The molecule has 2 nitrogen and oxygen atoms in total. The molecule has 0 spiro atoms. The minimum atomic E-state index is -0.176. The highest BCUT2D eigenvalue weighted by Gasteiger charge is 1.96. The Morgan fingerprint density at radius 2 is 2.33 bits per heavy atom. The normalized spacial score (nSPS) is 11.2. The molecular weight excluding hydrogens is 140 g/mol. The van der Waals surface area contributed by atoms with E-state index in [0.717, 1.165) is 0 Å². The summed E-state index contributed by atoms with van der Waals surface area (Å²) in [6, 6.07) is 0. The number of rotatable bonds is 3. The quantitative estimate of drug-likeness (QED) is 0.450. The number of hydrogen-bond acceptors (Lipinski definition) is 2.